The molecule has 0 aromatic heterocycles. The molecule has 2 amide bonds. The number of aryl methyl sites for hydroxylation is 1. The van der Waals surface area contributed by atoms with Gasteiger partial charge < -0.3 is 10.6 Å². The van der Waals surface area contributed by atoms with Gasteiger partial charge in [-0.15, -0.1) is 0 Å². The quantitative estimate of drug-likeness (QED) is 0.889. The van der Waals surface area contributed by atoms with Crippen LogP contribution in [-0.4, -0.2) is 18.9 Å². The Morgan fingerprint density at radius 3 is 2.45 bits per heavy atom. The zero-order chi connectivity index (χ0) is 15.9. The summed E-state index contributed by atoms with van der Waals surface area (Å²) in [5, 5.41) is 6.02. The van der Waals surface area contributed by atoms with Crippen LogP contribution in [0.25, 0.3) is 0 Å². The first-order chi connectivity index (χ1) is 10.6. The standard InChI is InChI=1S/C17H17ClN2O2/c1-19-17(22)13-6-8-15(9-7-13)20-16(21)10-5-12-3-2-4-14(18)11-12/h2-4,6-9,11H,5,10H2,1H3,(H,19,22)(H,20,21). The van der Waals surface area contributed by atoms with E-state index < -0.39 is 0 Å². The van der Waals surface area contributed by atoms with Crippen molar-refractivity contribution in [3.63, 3.8) is 0 Å². The molecule has 114 valence electrons. The first-order valence-corrected chi connectivity index (χ1v) is 7.33. The van der Waals surface area contributed by atoms with Crippen LogP contribution in [0.5, 0.6) is 0 Å². The van der Waals surface area contributed by atoms with Crippen LogP contribution >= 0.6 is 11.6 Å². The summed E-state index contributed by atoms with van der Waals surface area (Å²) in [6.45, 7) is 0. The van der Waals surface area contributed by atoms with Crippen molar-refractivity contribution in [2.24, 2.45) is 0 Å². The topological polar surface area (TPSA) is 58.2 Å². The molecule has 0 aliphatic carbocycles. The summed E-state index contributed by atoms with van der Waals surface area (Å²) in [5.41, 5.74) is 2.25. The smallest absolute Gasteiger partial charge is 0.251 e. The Labute approximate surface area is 134 Å². The third-order valence-corrected chi connectivity index (χ3v) is 3.42. The van der Waals surface area contributed by atoms with Crippen molar-refractivity contribution in [1.82, 2.24) is 5.32 Å². The number of amides is 2. The van der Waals surface area contributed by atoms with Crippen LogP contribution in [0.2, 0.25) is 5.02 Å². The Balaban J connectivity index is 1.88. The van der Waals surface area contributed by atoms with Crippen LogP contribution in [0.4, 0.5) is 5.69 Å². The number of benzene rings is 2. The highest BCUT2D eigenvalue weighted by atomic mass is 35.5. The molecule has 2 aromatic carbocycles. The summed E-state index contributed by atoms with van der Waals surface area (Å²) in [6.07, 6.45) is 1.00. The molecule has 2 rings (SSSR count). The lowest BCUT2D eigenvalue weighted by molar-refractivity contribution is -0.116. The number of nitrogens with one attached hydrogen (secondary N) is 2. The minimum absolute atomic E-state index is 0.0762. The summed E-state index contributed by atoms with van der Waals surface area (Å²) in [7, 11) is 1.58. The van der Waals surface area contributed by atoms with Gasteiger partial charge in [-0.05, 0) is 48.4 Å². The summed E-state index contributed by atoms with van der Waals surface area (Å²) in [4.78, 5) is 23.3. The monoisotopic (exact) mass is 316 g/mol. The molecule has 0 aliphatic rings. The van der Waals surface area contributed by atoms with Crippen LogP contribution in [-0.2, 0) is 11.2 Å². The van der Waals surface area contributed by atoms with Gasteiger partial charge in [-0.2, -0.15) is 0 Å². The van der Waals surface area contributed by atoms with Gasteiger partial charge in [-0.3, -0.25) is 9.59 Å². The van der Waals surface area contributed by atoms with Crippen molar-refractivity contribution in [2.45, 2.75) is 12.8 Å². The van der Waals surface area contributed by atoms with Crippen molar-refractivity contribution in [1.29, 1.82) is 0 Å². The Morgan fingerprint density at radius 1 is 1.09 bits per heavy atom. The van der Waals surface area contributed by atoms with E-state index in [1.54, 1.807) is 37.4 Å². The maximum Gasteiger partial charge on any atom is 0.251 e. The van der Waals surface area contributed by atoms with E-state index in [2.05, 4.69) is 10.6 Å². The van der Waals surface area contributed by atoms with Gasteiger partial charge in [-0.25, -0.2) is 0 Å². The second kappa shape index (κ2) is 7.61. The van der Waals surface area contributed by atoms with Gasteiger partial charge in [0.2, 0.25) is 5.91 Å². The first-order valence-electron chi connectivity index (χ1n) is 6.95. The fraction of sp³-hybridized carbons (Fsp3) is 0.176. The molecular formula is C17H17ClN2O2. The second-order valence-corrected chi connectivity index (χ2v) is 5.27. The minimum Gasteiger partial charge on any atom is -0.355 e. The van der Waals surface area contributed by atoms with Gasteiger partial charge in [0.05, 0.1) is 0 Å². The van der Waals surface area contributed by atoms with E-state index in [4.69, 9.17) is 11.6 Å². The van der Waals surface area contributed by atoms with Crippen LogP contribution in [0, 0.1) is 0 Å². The fourth-order valence-corrected chi connectivity index (χ4v) is 2.24. The number of hydrogen-bond acceptors (Lipinski definition) is 2. The van der Waals surface area contributed by atoms with Gasteiger partial charge in [-0.1, -0.05) is 23.7 Å². The molecule has 22 heavy (non-hydrogen) atoms. The van der Waals surface area contributed by atoms with Crippen LogP contribution in [0.15, 0.2) is 48.5 Å². The van der Waals surface area contributed by atoms with E-state index in [1.807, 2.05) is 18.2 Å². The Bertz CT molecular complexity index is 669. The SMILES string of the molecule is CNC(=O)c1ccc(NC(=O)CCc2cccc(Cl)c2)cc1. The lowest BCUT2D eigenvalue weighted by Gasteiger charge is -2.06. The third-order valence-electron chi connectivity index (χ3n) is 3.19. The molecule has 0 aliphatic heterocycles. The van der Waals surface area contributed by atoms with Crippen molar-refractivity contribution < 1.29 is 9.59 Å². The summed E-state index contributed by atoms with van der Waals surface area (Å²) < 4.78 is 0. The van der Waals surface area contributed by atoms with Gasteiger partial charge in [0.1, 0.15) is 0 Å². The Kier molecular flexibility index (Phi) is 5.55. The number of anilines is 1. The highest BCUT2D eigenvalue weighted by Gasteiger charge is 2.06. The molecule has 0 atom stereocenters. The van der Waals surface area contributed by atoms with Gasteiger partial charge >= 0.3 is 0 Å². The average molecular weight is 317 g/mol. The number of carbonyl (C=O) groups is 2. The van der Waals surface area contributed by atoms with Crippen molar-refractivity contribution in [3.8, 4) is 0 Å². The van der Waals surface area contributed by atoms with Crippen LogP contribution < -0.4 is 10.6 Å². The predicted octanol–water partition coefficient (Wildman–Crippen LogP) is 3.27. The van der Waals surface area contributed by atoms with Gasteiger partial charge in [0, 0.05) is 29.7 Å². The van der Waals surface area contributed by atoms with E-state index in [0.29, 0.717) is 29.1 Å². The number of halogens is 1. The molecule has 0 spiro atoms. The maximum atomic E-state index is 11.9. The van der Waals surface area contributed by atoms with E-state index in [0.717, 1.165) is 5.56 Å². The molecule has 2 N–H and O–H groups in total. The predicted molar refractivity (Wildman–Crippen MR) is 88.2 cm³/mol. The van der Waals surface area contributed by atoms with Crippen molar-refractivity contribution in [2.75, 3.05) is 12.4 Å². The molecule has 0 heterocycles. The largest absolute Gasteiger partial charge is 0.355 e. The molecule has 0 bridgehead atoms. The van der Waals surface area contributed by atoms with Crippen molar-refractivity contribution >= 4 is 29.1 Å². The first kappa shape index (κ1) is 16.0. The zero-order valence-corrected chi connectivity index (χ0v) is 13.0. The summed E-state index contributed by atoms with van der Waals surface area (Å²) >= 11 is 5.91. The Hall–Kier alpha value is -2.33. The molecule has 0 saturated heterocycles. The third kappa shape index (κ3) is 4.60. The number of carbonyl (C=O) groups excluding carboxylic acids is 2. The molecule has 0 unspecified atom stereocenters. The summed E-state index contributed by atoms with van der Waals surface area (Å²) in [6, 6.07) is 14.2. The fourth-order valence-electron chi connectivity index (χ4n) is 2.02. The minimum atomic E-state index is -0.154. The number of hydrogen-bond donors (Lipinski definition) is 2. The zero-order valence-electron chi connectivity index (χ0n) is 12.2. The number of rotatable bonds is 5. The van der Waals surface area contributed by atoms with Crippen LogP contribution in [0.3, 0.4) is 0 Å². The second-order valence-electron chi connectivity index (χ2n) is 4.83. The molecule has 4 nitrogen and oxygen atoms in total. The highest BCUT2D eigenvalue weighted by molar-refractivity contribution is 6.30. The molecule has 0 saturated carbocycles. The van der Waals surface area contributed by atoms with E-state index in [1.165, 1.54) is 0 Å². The molecule has 2 aromatic rings. The lowest BCUT2D eigenvalue weighted by atomic mass is 10.1. The van der Waals surface area contributed by atoms with Crippen LogP contribution in [0.1, 0.15) is 22.3 Å². The molecule has 0 radical (unpaired) electrons. The lowest BCUT2D eigenvalue weighted by Crippen LogP contribution is -2.18. The van der Waals surface area contributed by atoms with Crippen molar-refractivity contribution in [3.05, 3.63) is 64.7 Å². The van der Waals surface area contributed by atoms with E-state index in [-0.39, 0.29) is 11.8 Å². The molecular weight excluding hydrogens is 300 g/mol. The normalized spacial score (nSPS) is 10.1. The van der Waals surface area contributed by atoms with Gasteiger partial charge in [0.25, 0.3) is 5.91 Å². The molecule has 0 fully saturated rings. The maximum absolute atomic E-state index is 11.9. The average Bonchev–Trinajstić information content (AvgIpc) is 2.53. The highest BCUT2D eigenvalue weighted by Crippen LogP contribution is 2.13. The van der Waals surface area contributed by atoms with E-state index in [9.17, 15) is 9.59 Å². The summed E-state index contributed by atoms with van der Waals surface area (Å²) in [5.74, 6) is -0.230. The van der Waals surface area contributed by atoms with Gasteiger partial charge in [0.15, 0.2) is 0 Å². The Morgan fingerprint density at radius 2 is 1.82 bits per heavy atom. The van der Waals surface area contributed by atoms with E-state index >= 15 is 0 Å². The molecule has 5 heteroatoms.